The van der Waals surface area contributed by atoms with E-state index in [4.69, 9.17) is 5.73 Å². The van der Waals surface area contributed by atoms with Crippen molar-refractivity contribution in [3.05, 3.63) is 71.0 Å². The standard InChI is InChI=1S/C18H17FN4O3S2/c19-13-3-1-2-12(8-13)9-21-17(24)23-18-22-15(10-27-18)11-28(25,26)16-6-4-14(20)5-7-16/h1-8,10H,9,11,20H2,(H2,21,22,23,24). The summed E-state index contributed by atoms with van der Waals surface area (Å²) in [6, 6.07) is 11.3. The lowest BCUT2D eigenvalue weighted by atomic mass is 10.2. The molecule has 10 heteroatoms. The number of nitrogen functional groups attached to an aromatic ring is 1. The Morgan fingerprint density at radius 1 is 1.18 bits per heavy atom. The molecule has 146 valence electrons. The van der Waals surface area contributed by atoms with Gasteiger partial charge in [0.15, 0.2) is 15.0 Å². The van der Waals surface area contributed by atoms with Crippen molar-refractivity contribution in [1.29, 1.82) is 0 Å². The first-order valence-corrected chi connectivity index (χ1v) is 10.7. The molecule has 7 nitrogen and oxygen atoms in total. The number of nitrogens with one attached hydrogen (secondary N) is 2. The Bertz CT molecular complexity index is 1080. The zero-order chi connectivity index (χ0) is 20.1. The SMILES string of the molecule is Nc1ccc(S(=O)(=O)Cc2csc(NC(=O)NCc3cccc(F)c3)n2)cc1. The van der Waals surface area contributed by atoms with Gasteiger partial charge in [0, 0.05) is 17.6 Å². The van der Waals surface area contributed by atoms with Gasteiger partial charge in [-0.05, 0) is 42.0 Å². The molecule has 2 amide bonds. The molecule has 4 N–H and O–H groups in total. The molecule has 1 aromatic heterocycles. The first-order chi connectivity index (χ1) is 13.3. The minimum atomic E-state index is -3.57. The summed E-state index contributed by atoms with van der Waals surface area (Å²) in [5.41, 5.74) is 6.98. The maximum atomic E-state index is 13.1. The summed E-state index contributed by atoms with van der Waals surface area (Å²) in [4.78, 5) is 16.2. The highest BCUT2D eigenvalue weighted by Crippen LogP contribution is 2.21. The van der Waals surface area contributed by atoms with E-state index in [-0.39, 0.29) is 28.1 Å². The van der Waals surface area contributed by atoms with Gasteiger partial charge in [-0.2, -0.15) is 0 Å². The Morgan fingerprint density at radius 3 is 2.64 bits per heavy atom. The van der Waals surface area contributed by atoms with Crippen LogP contribution in [0.25, 0.3) is 0 Å². The van der Waals surface area contributed by atoms with Crippen molar-refractivity contribution < 1.29 is 17.6 Å². The van der Waals surface area contributed by atoms with Crippen molar-refractivity contribution in [2.45, 2.75) is 17.2 Å². The maximum Gasteiger partial charge on any atom is 0.321 e. The highest BCUT2D eigenvalue weighted by atomic mass is 32.2. The maximum absolute atomic E-state index is 13.1. The Labute approximate surface area is 165 Å². The number of anilines is 2. The minimum Gasteiger partial charge on any atom is -0.399 e. The number of amides is 2. The number of nitrogens with two attached hydrogens (primary N) is 1. The number of rotatable bonds is 6. The van der Waals surface area contributed by atoms with Crippen LogP contribution >= 0.6 is 11.3 Å². The molecule has 1 heterocycles. The number of benzene rings is 2. The van der Waals surface area contributed by atoms with E-state index in [0.717, 1.165) is 11.3 Å². The fourth-order valence-electron chi connectivity index (χ4n) is 2.35. The topological polar surface area (TPSA) is 114 Å². The van der Waals surface area contributed by atoms with Gasteiger partial charge in [0.05, 0.1) is 16.3 Å². The highest BCUT2D eigenvalue weighted by molar-refractivity contribution is 7.90. The molecule has 0 fully saturated rings. The molecular weight excluding hydrogens is 403 g/mol. The van der Waals surface area contributed by atoms with Crippen LogP contribution in [0.5, 0.6) is 0 Å². The Hall–Kier alpha value is -2.98. The van der Waals surface area contributed by atoms with Crippen molar-refractivity contribution in [2.75, 3.05) is 11.1 Å². The minimum absolute atomic E-state index is 0.146. The van der Waals surface area contributed by atoms with Crippen molar-refractivity contribution in [1.82, 2.24) is 10.3 Å². The van der Waals surface area contributed by atoms with E-state index in [1.807, 2.05) is 0 Å². The molecule has 0 spiro atoms. The van der Waals surface area contributed by atoms with Crippen LogP contribution in [0.1, 0.15) is 11.3 Å². The van der Waals surface area contributed by atoms with E-state index in [2.05, 4.69) is 15.6 Å². The van der Waals surface area contributed by atoms with Crippen molar-refractivity contribution in [2.24, 2.45) is 0 Å². The first-order valence-electron chi connectivity index (χ1n) is 8.14. The van der Waals surface area contributed by atoms with Gasteiger partial charge in [0.25, 0.3) is 0 Å². The normalized spacial score (nSPS) is 11.2. The van der Waals surface area contributed by atoms with Crippen molar-refractivity contribution in [3.8, 4) is 0 Å². The molecule has 3 aromatic rings. The third-order valence-electron chi connectivity index (χ3n) is 3.69. The molecule has 0 unspecified atom stereocenters. The molecular formula is C18H17FN4O3S2. The summed E-state index contributed by atoms with van der Waals surface area (Å²) in [6.45, 7) is 0.146. The van der Waals surface area contributed by atoms with Crippen LogP contribution in [0, 0.1) is 5.82 Å². The average molecular weight is 420 g/mol. The van der Waals surface area contributed by atoms with Gasteiger partial charge in [-0.1, -0.05) is 12.1 Å². The third-order valence-corrected chi connectivity index (χ3v) is 6.16. The van der Waals surface area contributed by atoms with Crippen LogP contribution in [0.3, 0.4) is 0 Å². The molecule has 0 aliphatic rings. The Balaban J connectivity index is 1.57. The summed E-state index contributed by atoms with van der Waals surface area (Å²) >= 11 is 1.11. The van der Waals surface area contributed by atoms with Crippen LogP contribution in [-0.2, 0) is 22.1 Å². The zero-order valence-electron chi connectivity index (χ0n) is 14.6. The molecule has 0 atom stereocenters. The van der Waals surface area contributed by atoms with Crippen molar-refractivity contribution >= 4 is 38.0 Å². The fourth-order valence-corrected chi connectivity index (χ4v) is 4.42. The van der Waals surface area contributed by atoms with Gasteiger partial charge in [-0.3, -0.25) is 5.32 Å². The summed E-state index contributed by atoms with van der Waals surface area (Å²) < 4.78 is 38.0. The van der Waals surface area contributed by atoms with Gasteiger partial charge in [0.1, 0.15) is 5.82 Å². The lowest BCUT2D eigenvalue weighted by Gasteiger charge is -2.05. The number of hydrogen-bond acceptors (Lipinski definition) is 6. The lowest BCUT2D eigenvalue weighted by Crippen LogP contribution is -2.28. The van der Waals surface area contributed by atoms with Crippen LogP contribution in [0.4, 0.5) is 20.0 Å². The van der Waals surface area contributed by atoms with E-state index in [1.165, 1.54) is 36.4 Å². The molecule has 3 rings (SSSR count). The first kappa shape index (κ1) is 19.8. The number of sulfone groups is 1. The number of urea groups is 1. The second-order valence-electron chi connectivity index (χ2n) is 5.91. The molecule has 0 aliphatic heterocycles. The largest absolute Gasteiger partial charge is 0.399 e. The number of thiazole rings is 1. The number of hydrogen-bond donors (Lipinski definition) is 3. The van der Waals surface area contributed by atoms with Crippen molar-refractivity contribution in [3.63, 3.8) is 0 Å². The smallest absolute Gasteiger partial charge is 0.321 e. The molecule has 0 aliphatic carbocycles. The van der Waals surface area contributed by atoms with Gasteiger partial charge in [-0.25, -0.2) is 22.6 Å². The van der Waals surface area contributed by atoms with E-state index in [0.29, 0.717) is 16.9 Å². The van der Waals surface area contributed by atoms with E-state index in [9.17, 15) is 17.6 Å². The number of nitrogens with zero attached hydrogens (tertiary/aromatic N) is 1. The van der Waals surface area contributed by atoms with Gasteiger partial charge < -0.3 is 11.1 Å². The molecule has 0 saturated carbocycles. The molecule has 2 aromatic carbocycles. The number of carbonyl (C=O) groups excluding carboxylic acids is 1. The lowest BCUT2D eigenvalue weighted by molar-refractivity contribution is 0.251. The summed E-state index contributed by atoms with van der Waals surface area (Å²) in [7, 11) is -3.57. The van der Waals surface area contributed by atoms with Crippen LogP contribution in [0.2, 0.25) is 0 Å². The zero-order valence-corrected chi connectivity index (χ0v) is 16.2. The Morgan fingerprint density at radius 2 is 1.93 bits per heavy atom. The monoisotopic (exact) mass is 420 g/mol. The second-order valence-corrected chi connectivity index (χ2v) is 8.76. The van der Waals surface area contributed by atoms with E-state index in [1.54, 1.807) is 17.5 Å². The number of halogens is 1. The molecule has 0 radical (unpaired) electrons. The molecule has 0 bridgehead atoms. The average Bonchev–Trinajstić information content (AvgIpc) is 3.06. The van der Waals surface area contributed by atoms with E-state index < -0.39 is 15.9 Å². The fraction of sp³-hybridized carbons (Fsp3) is 0.111. The van der Waals surface area contributed by atoms with Gasteiger partial charge in [-0.15, -0.1) is 11.3 Å². The van der Waals surface area contributed by atoms with Gasteiger partial charge >= 0.3 is 6.03 Å². The summed E-state index contributed by atoms with van der Waals surface area (Å²) in [6.07, 6.45) is 0. The Kier molecular flexibility index (Phi) is 5.90. The van der Waals surface area contributed by atoms with Crippen LogP contribution in [-0.4, -0.2) is 19.4 Å². The summed E-state index contributed by atoms with van der Waals surface area (Å²) in [5.74, 6) is -0.674. The second kappa shape index (κ2) is 8.36. The molecule has 28 heavy (non-hydrogen) atoms. The van der Waals surface area contributed by atoms with E-state index >= 15 is 0 Å². The quantitative estimate of drug-likeness (QED) is 0.530. The highest BCUT2D eigenvalue weighted by Gasteiger charge is 2.17. The predicted octanol–water partition coefficient (Wildman–Crippen LogP) is 3.16. The van der Waals surface area contributed by atoms with Gasteiger partial charge in [0.2, 0.25) is 0 Å². The number of carbonyl (C=O) groups is 1. The number of aromatic nitrogens is 1. The molecule has 0 saturated heterocycles. The van der Waals surface area contributed by atoms with Crippen LogP contribution in [0.15, 0.2) is 58.8 Å². The predicted molar refractivity (Wildman–Crippen MR) is 106 cm³/mol. The summed E-state index contributed by atoms with van der Waals surface area (Å²) in [5, 5.41) is 6.95. The van der Waals surface area contributed by atoms with Crippen LogP contribution < -0.4 is 16.4 Å². The third kappa shape index (κ3) is 5.27.